The largest absolute Gasteiger partial charge is 0.462 e. The van der Waals surface area contributed by atoms with Crippen molar-refractivity contribution >= 4 is 29.3 Å². The molecule has 26 heavy (non-hydrogen) atoms. The summed E-state index contributed by atoms with van der Waals surface area (Å²) in [5, 5.41) is 0.906. The maximum Gasteiger partial charge on any atom is 0.340 e. The molecular formula is C20H23NO4S. The molecule has 0 bridgehead atoms. The Morgan fingerprint density at radius 2 is 1.96 bits per heavy atom. The molecule has 0 radical (unpaired) electrons. The van der Waals surface area contributed by atoms with Crippen LogP contribution < -0.4 is 0 Å². The first kappa shape index (κ1) is 18.6. The zero-order chi connectivity index (χ0) is 18.7. The van der Waals surface area contributed by atoms with E-state index < -0.39 is 0 Å². The van der Waals surface area contributed by atoms with Crippen LogP contribution in [0.4, 0.5) is 0 Å². The van der Waals surface area contributed by atoms with E-state index in [1.165, 1.54) is 0 Å². The summed E-state index contributed by atoms with van der Waals surface area (Å²) in [5.41, 5.74) is 3.02. The van der Waals surface area contributed by atoms with Gasteiger partial charge in [-0.3, -0.25) is 0 Å². The highest BCUT2D eigenvalue weighted by Crippen LogP contribution is 2.45. The lowest BCUT2D eigenvalue weighted by Gasteiger charge is -2.19. The normalized spacial score (nSPS) is 18.2. The van der Waals surface area contributed by atoms with Crippen molar-refractivity contribution in [2.24, 2.45) is 0 Å². The van der Waals surface area contributed by atoms with Gasteiger partial charge in [0.25, 0.3) is 0 Å². The van der Waals surface area contributed by atoms with Crippen molar-refractivity contribution < 1.29 is 19.1 Å². The summed E-state index contributed by atoms with van der Waals surface area (Å²) in [5.74, 6) is 0.0500. The van der Waals surface area contributed by atoms with E-state index >= 15 is 0 Å². The number of carbonyl (C=O) groups excluding carboxylic acids is 2. The molecule has 0 spiro atoms. The molecule has 0 aromatic heterocycles. The number of rotatable bonds is 5. The van der Waals surface area contributed by atoms with Gasteiger partial charge in [0.1, 0.15) is 0 Å². The van der Waals surface area contributed by atoms with Crippen LogP contribution in [0.3, 0.4) is 0 Å². The van der Waals surface area contributed by atoms with E-state index in [4.69, 9.17) is 9.47 Å². The summed E-state index contributed by atoms with van der Waals surface area (Å²) in [6.07, 6.45) is 0.480. The first-order chi connectivity index (χ1) is 12.5. The highest BCUT2D eigenvalue weighted by Gasteiger charge is 2.38. The lowest BCUT2D eigenvalue weighted by Crippen LogP contribution is -2.19. The number of hydrogen-bond acceptors (Lipinski definition) is 6. The standard InChI is InChI=1S/C20H23NO4S/c1-4-24-20(23)17(14-8-6-5-7-9-14)16-12-26-18-15(10-11-21(16)18)19(22)25-13(2)3/h5-9,13H,4,10-12H2,1-3H3. The highest BCUT2D eigenvalue weighted by atomic mass is 32.2. The number of hydrogen-bond donors (Lipinski definition) is 0. The van der Waals surface area contributed by atoms with E-state index in [1.54, 1.807) is 18.7 Å². The van der Waals surface area contributed by atoms with Crippen LogP contribution >= 0.6 is 11.8 Å². The Kier molecular flexibility index (Phi) is 5.71. The Labute approximate surface area is 158 Å². The van der Waals surface area contributed by atoms with Gasteiger partial charge < -0.3 is 14.4 Å². The van der Waals surface area contributed by atoms with Crippen LogP contribution in [0.2, 0.25) is 0 Å². The molecule has 0 N–H and O–H groups in total. The van der Waals surface area contributed by atoms with E-state index in [0.29, 0.717) is 36.5 Å². The van der Waals surface area contributed by atoms with Gasteiger partial charge in [-0.2, -0.15) is 0 Å². The molecule has 2 aliphatic heterocycles. The number of carbonyl (C=O) groups is 2. The maximum absolute atomic E-state index is 12.7. The molecule has 6 heteroatoms. The number of ether oxygens (including phenoxy) is 2. The summed E-state index contributed by atoms with van der Waals surface area (Å²) < 4.78 is 10.7. The van der Waals surface area contributed by atoms with E-state index in [0.717, 1.165) is 16.3 Å². The van der Waals surface area contributed by atoms with Gasteiger partial charge in [-0.1, -0.05) is 30.3 Å². The molecule has 3 rings (SSSR count). The topological polar surface area (TPSA) is 55.8 Å². The predicted octanol–water partition coefficient (Wildman–Crippen LogP) is 3.58. The van der Waals surface area contributed by atoms with Crippen LogP contribution in [-0.4, -0.2) is 41.8 Å². The second-order valence-corrected chi connectivity index (χ2v) is 7.30. The molecule has 2 heterocycles. The van der Waals surface area contributed by atoms with Crippen LogP contribution in [0.15, 0.2) is 46.6 Å². The molecule has 0 unspecified atom stereocenters. The van der Waals surface area contributed by atoms with Gasteiger partial charge >= 0.3 is 11.9 Å². The average molecular weight is 373 g/mol. The van der Waals surface area contributed by atoms with E-state index in [2.05, 4.69) is 4.90 Å². The average Bonchev–Trinajstić information content (AvgIpc) is 3.19. The first-order valence-corrected chi connectivity index (χ1v) is 9.81. The van der Waals surface area contributed by atoms with Gasteiger partial charge in [0.15, 0.2) is 0 Å². The maximum atomic E-state index is 12.7. The van der Waals surface area contributed by atoms with Crippen molar-refractivity contribution in [3.63, 3.8) is 0 Å². The van der Waals surface area contributed by atoms with Crippen LogP contribution in [0.1, 0.15) is 32.8 Å². The minimum Gasteiger partial charge on any atom is -0.462 e. The summed E-state index contributed by atoms with van der Waals surface area (Å²) in [6.45, 7) is 6.49. The first-order valence-electron chi connectivity index (χ1n) is 8.83. The molecule has 138 valence electrons. The monoisotopic (exact) mass is 373 g/mol. The SMILES string of the molecule is CCOC(=O)C(=C1CSC2=C(C(=O)OC(C)C)CCN12)c1ccccc1. The third kappa shape index (κ3) is 3.65. The summed E-state index contributed by atoms with van der Waals surface area (Å²) in [4.78, 5) is 27.1. The van der Waals surface area contributed by atoms with Gasteiger partial charge in [-0.25, -0.2) is 9.59 Å². The highest BCUT2D eigenvalue weighted by molar-refractivity contribution is 8.03. The Morgan fingerprint density at radius 1 is 1.23 bits per heavy atom. The molecule has 2 aliphatic rings. The Balaban J connectivity index is 2.00. The van der Waals surface area contributed by atoms with Crippen molar-refractivity contribution in [2.45, 2.75) is 33.3 Å². The molecule has 1 aromatic rings. The number of esters is 2. The van der Waals surface area contributed by atoms with Crippen molar-refractivity contribution in [3.8, 4) is 0 Å². The molecular weight excluding hydrogens is 350 g/mol. The van der Waals surface area contributed by atoms with Gasteiger partial charge in [0.05, 0.1) is 28.9 Å². The molecule has 1 aromatic carbocycles. The molecule has 0 saturated carbocycles. The fourth-order valence-electron chi connectivity index (χ4n) is 3.12. The van der Waals surface area contributed by atoms with E-state index in [-0.39, 0.29) is 18.0 Å². The fourth-order valence-corrected chi connectivity index (χ4v) is 4.41. The van der Waals surface area contributed by atoms with Crippen LogP contribution in [0, 0.1) is 0 Å². The molecule has 0 amide bonds. The number of nitrogens with zero attached hydrogens (tertiary/aromatic N) is 1. The second-order valence-electron chi connectivity index (χ2n) is 6.34. The molecule has 5 nitrogen and oxygen atoms in total. The zero-order valence-corrected chi connectivity index (χ0v) is 16.1. The van der Waals surface area contributed by atoms with Gasteiger partial charge in [0.2, 0.25) is 0 Å². The van der Waals surface area contributed by atoms with Crippen LogP contribution in [0.25, 0.3) is 5.57 Å². The van der Waals surface area contributed by atoms with E-state index in [1.807, 2.05) is 44.2 Å². The van der Waals surface area contributed by atoms with Crippen molar-refractivity contribution in [3.05, 3.63) is 52.2 Å². The molecule has 1 fully saturated rings. The lowest BCUT2D eigenvalue weighted by atomic mass is 10.0. The number of benzene rings is 1. The summed E-state index contributed by atoms with van der Waals surface area (Å²) in [6, 6.07) is 9.56. The fraction of sp³-hybridized carbons (Fsp3) is 0.400. The smallest absolute Gasteiger partial charge is 0.340 e. The quantitative estimate of drug-likeness (QED) is 0.581. The third-order valence-electron chi connectivity index (χ3n) is 4.18. The molecule has 0 atom stereocenters. The van der Waals surface area contributed by atoms with Crippen molar-refractivity contribution in [1.29, 1.82) is 0 Å². The van der Waals surface area contributed by atoms with Gasteiger partial charge in [-0.15, -0.1) is 11.8 Å². The summed E-state index contributed by atoms with van der Waals surface area (Å²) in [7, 11) is 0. The molecule has 0 aliphatic carbocycles. The molecule has 1 saturated heterocycles. The van der Waals surface area contributed by atoms with Gasteiger partial charge in [0, 0.05) is 24.4 Å². The van der Waals surface area contributed by atoms with Crippen molar-refractivity contribution in [2.75, 3.05) is 18.9 Å². The minimum absolute atomic E-state index is 0.148. The zero-order valence-electron chi connectivity index (χ0n) is 15.3. The van der Waals surface area contributed by atoms with Crippen molar-refractivity contribution in [1.82, 2.24) is 4.90 Å². The van der Waals surface area contributed by atoms with Crippen LogP contribution in [-0.2, 0) is 19.1 Å². The third-order valence-corrected chi connectivity index (χ3v) is 5.34. The van der Waals surface area contributed by atoms with Crippen LogP contribution in [0.5, 0.6) is 0 Å². The Morgan fingerprint density at radius 3 is 2.62 bits per heavy atom. The summed E-state index contributed by atoms with van der Waals surface area (Å²) >= 11 is 1.58. The predicted molar refractivity (Wildman–Crippen MR) is 102 cm³/mol. The Bertz CT molecular complexity index is 767. The van der Waals surface area contributed by atoms with E-state index in [9.17, 15) is 9.59 Å². The minimum atomic E-state index is -0.325. The van der Waals surface area contributed by atoms with Gasteiger partial charge in [-0.05, 0) is 26.3 Å². The number of fused-ring (bicyclic) bond motifs is 1. The number of thioether (sulfide) groups is 1. The Hall–Kier alpha value is -2.21. The second kappa shape index (κ2) is 7.99. The lowest BCUT2D eigenvalue weighted by molar-refractivity contribution is -0.142.